The van der Waals surface area contributed by atoms with Gasteiger partial charge in [0.1, 0.15) is 6.54 Å². The van der Waals surface area contributed by atoms with Gasteiger partial charge in [-0.2, -0.15) is 0 Å². The molecule has 29 heavy (non-hydrogen) atoms. The Morgan fingerprint density at radius 3 is 2.62 bits per heavy atom. The summed E-state index contributed by atoms with van der Waals surface area (Å²) in [4.78, 5) is 38.5. The van der Waals surface area contributed by atoms with Crippen LogP contribution in [0.25, 0.3) is 6.08 Å². The molecule has 0 spiro atoms. The van der Waals surface area contributed by atoms with Crippen LogP contribution in [0.3, 0.4) is 0 Å². The average molecular weight is 474 g/mol. The van der Waals surface area contributed by atoms with E-state index in [0.29, 0.717) is 16.6 Å². The number of benzene rings is 1. The summed E-state index contributed by atoms with van der Waals surface area (Å²) in [6.45, 7) is -0.304. The monoisotopic (exact) mass is 473 g/mol. The molecule has 1 N–H and O–H groups in total. The van der Waals surface area contributed by atoms with Gasteiger partial charge in [0.15, 0.2) is 0 Å². The molecule has 2 aromatic rings. The van der Waals surface area contributed by atoms with Gasteiger partial charge >= 0.3 is 0 Å². The molecule has 1 saturated carbocycles. The molecule has 1 saturated heterocycles. The number of thioether (sulfide) groups is 1. The Bertz CT molecular complexity index is 977. The van der Waals surface area contributed by atoms with Gasteiger partial charge in [-0.05, 0) is 66.6 Å². The van der Waals surface area contributed by atoms with Crippen LogP contribution in [-0.4, -0.2) is 33.1 Å². The van der Waals surface area contributed by atoms with E-state index in [9.17, 15) is 14.4 Å². The Hall–Kier alpha value is -2.32. The van der Waals surface area contributed by atoms with Gasteiger partial charge in [0, 0.05) is 28.6 Å². The lowest BCUT2D eigenvalue weighted by Crippen LogP contribution is -2.36. The molecule has 2 fully saturated rings. The third-order valence-electron chi connectivity index (χ3n) is 5.08. The van der Waals surface area contributed by atoms with Crippen LogP contribution in [0, 0.1) is 0 Å². The Labute approximate surface area is 181 Å². The van der Waals surface area contributed by atoms with Crippen LogP contribution in [0.2, 0.25) is 0 Å². The molecule has 1 aliphatic heterocycles. The Morgan fingerprint density at radius 1 is 1.17 bits per heavy atom. The van der Waals surface area contributed by atoms with Crippen molar-refractivity contribution in [1.82, 2.24) is 9.47 Å². The number of imide groups is 1. The summed E-state index contributed by atoms with van der Waals surface area (Å²) < 4.78 is 3.09. The van der Waals surface area contributed by atoms with Crippen LogP contribution < -0.4 is 5.32 Å². The Morgan fingerprint density at radius 2 is 1.90 bits per heavy atom. The maximum absolute atomic E-state index is 12.6. The molecule has 0 radical (unpaired) electrons. The van der Waals surface area contributed by atoms with Crippen molar-refractivity contribution in [3.63, 3.8) is 0 Å². The summed E-state index contributed by atoms with van der Waals surface area (Å²) in [6.07, 6.45) is 10.6. The first kappa shape index (κ1) is 20.0. The molecule has 1 aromatic carbocycles. The van der Waals surface area contributed by atoms with Crippen molar-refractivity contribution in [3.8, 4) is 0 Å². The van der Waals surface area contributed by atoms with Crippen LogP contribution in [0.5, 0.6) is 0 Å². The van der Waals surface area contributed by atoms with Gasteiger partial charge in [0.25, 0.3) is 11.1 Å². The van der Waals surface area contributed by atoms with E-state index < -0.39 is 17.1 Å². The number of halogens is 1. The first-order valence-electron chi connectivity index (χ1n) is 9.48. The highest BCUT2D eigenvalue weighted by Gasteiger charge is 2.36. The van der Waals surface area contributed by atoms with Crippen LogP contribution in [0.1, 0.15) is 37.3 Å². The van der Waals surface area contributed by atoms with E-state index in [4.69, 9.17) is 0 Å². The van der Waals surface area contributed by atoms with Crippen molar-refractivity contribution in [3.05, 3.63) is 57.7 Å². The van der Waals surface area contributed by atoms with E-state index in [1.54, 1.807) is 30.3 Å². The molecule has 8 heteroatoms. The molecule has 0 unspecified atom stereocenters. The lowest BCUT2D eigenvalue weighted by atomic mass is 10.2. The first-order valence-corrected chi connectivity index (χ1v) is 11.1. The molecule has 0 atom stereocenters. The quantitative estimate of drug-likeness (QED) is 0.617. The molecule has 1 aromatic heterocycles. The lowest BCUT2D eigenvalue weighted by Gasteiger charge is -2.12. The smallest absolute Gasteiger partial charge is 0.294 e. The number of nitrogens with one attached hydrogen (secondary N) is 1. The second kappa shape index (κ2) is 8.59. The predicted molar refractivity (Wildman–Crippen MR) is 117 cm³/mol. The number of carbonyl (C=O) groups is 3. The first-order chi connectivity index (χ1) is 14.0. The second-order valence-electron chi connectivity index (χ2n) is 7.15. The van der Waals surface area contributed by atoms with Crippen LogP contribution in [-0.2, 0) is 9.59 Å². The summed E-state index contributed by atoms with van der Waals surface area (Å²) in [5, 5.41) is 2.27. The van der Waals surface area contributed by atoms with E-state index in [2.05, 4.69) is 25.8 Å². The largest absolute Gasteiger partial charge is 0.351 e. The fraction of sp³-hybridized carbons (Fsp3) is 0.286. The van der Waals surface area contributed by atoms with E-state index in [1.807, 2.05) is 18.5 Å². The summed E-state index contributed by atoms with van der Waals surface area (Å²) >= 11 is 4.20. The minimum Gasteiger partial charge on any atom is -0.351 e. The number of nitrogens with zero attached hydrogens (tertiary/aromatic N) is 2. The lowest BCUT2D eigenvalue weighted by molar-refractivity contribution is -0.127. The van der Waals surface area contributed by atoms with Gasteiger partial charge < -0.3 is 9.88 Å². The molecule has 0 bridgehead atoms. The third-order valence-corrected chi connectivity index (χ3v) is 6.52. The number of aromatic nitrogens is 1. The molecular weight excluding hydrogens is 454 g/mol. The zero-order valence-corrected chi connectivity index (χ0v) is 18.0. The maximum atomic E-state index is 12.6. The maximum Gasteiger partial charge on any atom is 0.294 e. The van der Waals surface area contributed by atoms with Crippen molar-refractivity contribution in [1.29, 1.82) is 0 Å². The average Bonchev–Trinajstić information content (AvgIpc) is 3.42. The molecule has 150 valence electrons. The third kappa shape index (κ3) is 4.64. The normalized spacial score (nSPS) is 18.8. The molecule has 6 nitrogen and oxygen atoms in total. The van der Waals surface area contributed by atoms with E-state index in [0.717, 1.165) is 26.7 Å². The zero-order valence-electron chi connectivity index (χ0n) is 15.6. The zero-order chi connectivity index (χ0) is 20.4. The highest BCUT2D eigenvalue weighted by Crippen LogP contribution is 2.33. The molecule has 1 aliphatic carbocycles. The second-order valence-corrected chi connectivity index (χ2v) is 9.06. The van der Waals surface area contributed by atoms with Crippen molar-refractivity contribution >= 4 is 56.5 Å². The number of amides is 3. The molecule has 3 amide bonds. The highest BCUT2D eigenvalue weighted by molar-refractivity contribution is 9.10. The molecule has 2 aliphatic rings. The fourth-order valence-corrected chi connectivity index (χ4v) is 4.71. The van der Waals surface area contributed by atoms with E-state index in [-0.39, 0.29) is 6.54 Å². The number of anilines is 1. The molecular formula is C21H20BrN3O3S. The molecule has 4 rings (SSSR count). The minimum absolute atomic E-state index is 0.304. The van der Waals surface area contributed by atoms with Gasteiger partial charge in [-0.15, -0.1) is 0 Å². The van der Waals surface area contributed by atoms with E-state index >= 15 is 0 Å². The highest BCUT2D eigenvalue weighted by atomic mass is 79.9. The van der Waals surface area contributed by atoms with Gasteiger partial charge in [-0.25, -0.2) is 0 Å². The number of hydrogen-bond donors (Lipinski definition) is 1. The van der Waals surface area contributed by atoms with Crippen LogP contribution in [0.4, 0.5) is 10.5 Å². The van der Waals surface area contributed by atoms with Crippen molar-refractivity contribution < 1.29 is 14.4 Å². The predicted octanol–water partition coefficient (Wildman–Crippen LogP) is 5.04. The number of carbonyl (C=O) groups excluding carboxylic acids is 3. The number of rotatable bonds is 5. The summed E-state index contributed by atoms with van der Waals surface area (Å²) in [7, 11) is 0. The number of hydrogen-bond acceptors (Lipinski definition) is 4. The Balaban J connectivity index is 1.41. The SMILES string of the molecule is O=C(CN1C(=O)S/C(=C/c2ccn(C3CCCC3)c2)C1=O)Nc1ccc(Br)cc1. The summed E-state index contributed by atoms with van der Waals surface area (Å²) in [6, 6.07) is 9.56. The fourth-order valence-electron chi connectivity index (χ4n) is 3.61. The van der Waals surface area contributed by atoms with Crippen molar-refractivity contribution in [2.45, 2.75) is 31.7 Å². The van der Waals surface area contributed by atoms with Crippen LogP contribution >= 0.6 is 27.7 Å². The van der Waals surface area contributed by atoms with Gasteiger partial charge in [0.2, 0.25) is 5.91 Å². The topological polar surface area (TPSA) is 71.4 Å². The van der Waals surface area contributed by atoms with Gasteiger partial charge in [-0.3, -0.25) is 19.3 Å². The summed E-state index contributed by atoms with van der Waals surface area (Å²) in [5.41, 5.74) is 1.50. The van der Waals surface area contributed by atoms with Gasteiger partial charge in [0.05, 0.1) is 4.91 Å². The summed E-state index contributed by atoms with van der Waals surface area (Å²) in [5.74, 6) is -0.845. The van der Waals surface area contributed by atoms with Crippen LogP contribution in [0.15, 0.2) is 52.1 Å². The Kier molecular flexibility index (Phi) is 5.91. The molecule has 2 heterocycles. The minimum atomic E-state index is -0.431. The standard InChI is InChI=1S/C21H20BrN3O3S/c22-15-5-7-16(8-6-15)23-19(26)13-25-20(27)18(29-21(25)28)11-14-9-10-24(12-14)17-3-1-2-4-17/h5-12,17H,1-4,13H2,(H,23,26)/b18-11+. The van der Waals surface area contributed by atoms with E-state index in [1.165, 1.54) is 25.7 Å². The van der Waals surface area contributed by atoms with Gasteiger partial charge in [-0.1, -0.05) is 28.8 Å². The van der Waals surface area contributed by atoms with Crippen molar-refractivity contribution in [2.24, 2.45) is 0 Å². The van der Waals surface area contributed by atoms with Crippen molar-refractivity contribution in [2.75, 3.05) is 11.9 Å².